The molecule has 0 fully saturated rings. The van der Waals surface area contributed by atoms with Crippen molar-refractivity contribution < 1.29 is 18.0 Å². The number of nitrogens with one attached hydrogen (secondary N) is 1. The Labute approximate surface area is 261 Å². The average molecular weight is 659 g/mol. The van der Waals surface area contributed by atoms with Gasteiger partial charge >= 0.3 is 0 Å². The summed E-state index contributed by atoms with van der Waals surface area (Å²) in [5.41, 5.74) is 0.765. The van der Waals surface area contributed by atoms with Crippen LogP contribution in [0.15, 0.2) is 66.7 Å². The van der Waals surface area contributed by atoms with Crippen LogP contribution in [0.4, 0.5) is 5.69 Å². The molecular formula is C29H31Cl4N3O4S. The molecule has 0 unspecified atom stereocenters. The Morgan fingerprint density at radius 2 is 1.56 bits per heavy atom. The van der Waals surface area contributed by atoms with Crippen molar-refractivity contribution in [1.29, 1.82) is 0 Å². The van der Waals surface area contributed by atoms with Crippen molar-refractivity contribution in [2.45, 2.75) is 45.3 Å². The molecule has 220 valence electrons. The second-order valence-corrected chi connectivity index (χ2v) is 14.1. The van der Waals surface area contributed by atoms with E-state index in [1.54, 1.807) is 12.1 Å². The first-order chi connectivity index (χ1) is 19.1. The number of anilines is 1. The fraction of sp³-hybridized carbons (Fsp3) is 0.310. The Morgan fingerprint density at radius 1 is 0.902 bits per heavy atom. The molecule has 0 aromatic heterocycles. The van der Waals surface area contributed by atoms with Crippen LogP contribution in [-0.2, 0) is 32.6 Å². The maximum atomic E-state index is 14.1. The van der Waals surface area contributed by atoms with Crippen LogP contribution in [0.3, 0.4) is 0 Å². The summed E-state index contributed by atoms with van der Waals surface area (Å²) in [5, 5.41) is 3.76. The molecule has 2 amide bonds. The molecule has 0 aliphatic heterocycles. The molecule has 1 N–H and O–H groups in total. The summed E-state index contributed by atoms with van der Waals surface area (Å²) in [6.07, 6.45) is 1.13. The fourth-order valence-electron chi connectivity index (χ4n) is 4.12. The highest BCUT2D eigenvalue weighted by Gasteiger charge is 2.35. The van der Waals surface area contributed by atoms with Crippen molar-refractivity contribution >= 4 is 73.9 Å². The molecule has 0 heterocycles. The van der Waals surface area contributed by atoms with Gasteiger partial charge in [0.1, 0.15) is 12.6 Å². The summed E-state index contributed by atoms with van der Waals surface area (Å²) in [7, 11) is -4.01. The Hall–Kier alpha value is -2.49. The maximum Gasteiger partial charge on any atom is 0.244 e. The van der Waals surface area contributed by atoms with Gasteiger partial charge in [-0.05, 0) is 56.2 Å². The molecule has 0 bridgehead atoms. The van der Waals surface area contributed by atoms with Crippen molar-refractivity contribution in [3.8, 4) is 0 Å². The molecule has 0 saturated heterocycles. The maximum absolute atomic E-state index is 14.1. The number of carbonyl (C=O) groups is 2. The van der Waals surface area contributed by atoms with Crippen LogP contribution in [0, 0.1) is 0 Å². The monoisotopic (exact) mass is 657 g/mol. The van der Waals surface area contributed by atoms with E-state index in [0.717, 1.165) is 16.1 Å². The minimum Gasteiger partial charge on any atom is -0.350 e. The zero-order chi connectivity index (χ0) is 30.5. The van der Waals surface area contributed by atoms with Crippen molar-refractivity contribution in [2.24, 2.45) is 0 Å². The topological polar surface area (TPSA) is 86.8 Å². The van der Waals surface area contributed by atoms with Gasteiger partial charge in [-0.25, -0.2) is 8.42 Å². The number of benzene rings is 3. The summed E-state index contributed by atoms with van der Waals surface area (Å²) in [5.74, 6) is -1.06. The number of nitrogens with zero attached hydrogens (tertiary/aromatic N) is 2. The average Bonchev–Trinajstić information content (AvgIpc) is 2.86. The number of amides is 2. The molecule has 1 atom stereocenters. The number of hydrogen-bond acceptors (Lipinski definition) is 4. The molecule has 12 heteroatoms. The summed E-state index contributed by atoms with van der Waals surface area (Å²) >= 11 is 25.1. The van der Waals surface area contributed by atoms with Crippen LogP contribution in [-0.4, -0.2) is 49.5 Å². The molecular weight excluding hydrogens is 628 g/mol. The number of sulfonamides is 1. The Morgan fingerprint density at radius 3 is 2.15 bits per heavy atom. The van der Waals surface area contributed by atoms with Gasteiger partial charge in [0.25, 0.3) is 0 Å². The largest absolute Gasteiger partial charge is 0.350 e. The first-order valence-electron chi connectivity index (χ1n) is 12.6. The van der Waals surface area contributed by atoms with E-state index in [-0.39, 0.29) is 28.7 Å². The molecule has 0 spiro atoms. The van der Waals surface area contributed by atoms with Gasteiger partial charge in [0.15, 0.2) is 0 Å². The zero-order valence-electron chi connectivity index (χ0n) is 23.0. The van der Waals surface area contributed by atoms with E-state index in [1.807, 2.05) is 51.1 Å². The minimum atomic E-state index is -4.01. The van der Waals surface area contributed by atoms with E-state index in [1.165, 1.54) is 29.2 Å². The molecule has 0 aliphatic carbocycles. The minimum absolute atomic E-state index is 0.0222. The molecule has 3 aromatic rings. The van der Waals surface area contributed by atoms with Gasteiger partial charge in [-0.2, -0.15) is 0 Å². The van der Waals surface area contributed by atoms with Gasteiger partial charge in [-0.3, -0.25) is 13.9 Å². The van der Waals surface area contributed by atoms with Crippen LogP contribution < -0.4 is 9.62 Å². The van der Waals surface area contributed by atoms with Crippen molar-refractivity contribution in [3.63, 3.8) is 0 Å². The highest BCUT2D eigenvalue weighted by molar-refractivity contribution is 7.92. The lowest BCUT2D eigenvalue weighted by atomic mass is 10.0. The second-order valence-electron chi connectivity index (χ2n) is 10.5. The third kappa shape index (κ3) is 9.25. The van der Waals surface area contributed by atoms with E-state index in [2.05, 4.69) is 5.32 Å². The lowest BCUT2D eigenvalue weighted by Gasteiger charge is -2.35. The predicted octanol–water partition coefficient (Wildman–Crippen LogP) is 6.62. The summed E-state index contributed by atoms with van der Waals surface area (Å²) in [4.78, 5) is 29.2. The highest BCUT2D eigenvalue weighted by atomic mass is 35.5. The van der Waals surface area contributed by atoms with Gasteiger partial charge in [0.05, 0.1) is 22.0 Å². The van der Waals surface area contributed by atoms with Crippen LogP contribution in [0.25, 0.3) is 0 Å². The Bertz CT molecular complexity index is 1510. The normalized spacial score (nSPS) is 12.5. The quantitative estimate of drug-likeness (QED) is 0.265. The summed E-state index contributed by atoms with van der Waals surface area (Å²) < 4.78 is 26.7. The molecule has 3 rings (SSSR count). The summed E-state index contributed by atoms with van der Waals surface area (Å²) in [6, 6.07) is 17.5. The van der Waals surface area contributed by atoms with Gasteiger partial charge in [0.2, 0.25) is 21.8 Å². The number of halogens is 4. The Balaban J connectivity index is 2.13. The first-order valence-corrected chi connectivity index (χ1v) is 15.9. The SMILES string of the molecule is CC(C)(C)NC(=O)[C@@H](Cc1ccccc1)N(Cc1ccc(Cl)cc1Cl)C(=O)CN(c1cccc(Cl)c1Cl)S(C)(=O)=O. The smallest absolute Gasteiger partial charge is 0.244 e. The van der Waals surface area contributed by atoms with Crippen LogP contribution in [0.2, 0.25) is 20.1 Å². The van der Waals surface area contributed by atoms with E-state index in [9.17, 15) is 18.0 Å². The second kappa shape index (κ2) is 13.7. The third-order valence-electron chi connectivity index (χ3n) is 6.00. The van der Waals surface area contributed by atoms with Gasteiger partial charge in [-0.15, -0.1) is 0 Å². The molecule has 3 aromatic carbocycles. The van der Waals surface area contributed by atoms with E-state index in [0.29, 0.717) is 15.6 Å². The van der Waals surface area contributed by atoms with Gasteiger partial charge in [0, 0.05) is 28.5 Å². The number of carbonyl (C=O) groups excluding carboxylic acids is 2. The number of rotatable bonds is 10. The van der Waals surface area contributed by atoms with E-state index in [4.69, 9.17) is 46.4 Å². The van der Waals surface area contributed by atoms with Gasteiger partial charge in [-0.1, -0.05) is 88.9 Å². The molecule has 41 heavy (non-hydrogen) atoms. The lowest BCUT2D eigenvalue weighted by Crippen LogP contribution is -2.56. The zero-order valence-corrected chi connectivity index (χ0v) is 26.8. The van der Waals surface area contributed by atoms with Crippen LogP contribution in [0.5, 0.6) is 0 Å². The lowest BCUT2D eigenvalue weighted by molar-refractivity contribution is -0.140. The van der Waals surface area contributed by atoms with Crippen molar-refractivity contribution in [1.82, 2.24) is 10.2 Å². The summed E-state index contributed by atoms with van der Waals surface area (Å²) in [6.45, 7) is 4.76. The van der Waals surface area contributed by atoms with Crippen LogP contribution in [0.1, 0.15) is 31.9 Å². The van der Waals surface area contributed by atoms with E-state index >= 15 is 0 Å². The molecule has 0 radical (unpaired) electrons. The van der Waals surface area contributed by atoms with Crippen molar-refractivity contribution in [2.75, 3.05) is 17.1 Å². The van der Waals surface area contributed by atoms with Gasteiger partial charge < -0.3 is 10.2 Å². The first kappa shape index (κ1) is 33.0. The van der Waals surface area contributed by atoms with E-state index < -0.39 is 40.0 Å². The number of hydrogen-bond donors (Lipinski definition) is 1. The molecule has 7 nitrogen and oxygen atoms in total. The molecule has 0 aliphatic rings. The van der Waals surface area contributed by atoms with Crippen LogP contribution >= 0.6 is 46.4 Å². The fourth-order valence-corrected chi connectivity index (χ4v) is 5.89. The highest BCUT2D eigenvalue weighted by Crippen LogP contribution is 2.34. The third-order valence-corrected chi connectivity index (χ3v) is 8.53. The molecule has 0 saturated carbocycles. The Kier molecular flexibility index (Phi) is 11.0. The van der Waals surface area contributed by atoms with Crippen molar-refractivity contribution in [3.05, 3.63) is 97.9 Å². The standard InChI is InChI=1S/C29H31Cl4N3O4S/c1-29(2,3)34-28(38)25(15-19-9-6-5-7-10-19)35(17-20-13-14-21(30)16-23(20)32)26(37)18-36(41(4,39)40)24-12-8-11-22(31)27(24)33/h5-14,16,25H,15,17-18H2,1-4H3,(H,34,38)/t25-/m1/s1. The predicted molar refractivity (Wildman–Crippen MR) is 167 cm³/mol.